The molecule has 0 heterocycles. The standard InChI is InChI=1S/C13H18/c1-2-9-13(8-1)10-4-6-11-5-3-7-12(11)13/h1-2,8-9,11-12H,3-7,10H2. The number of fused-ring (bicyclic) bond motifs is 2. The second kappa shape index (κ2) is 2.73. The van der Waals surface area contributed by atoms with Crippen LogP contribution in [0.25, 0.3) is 0 Å². The first-order valence-electron chi connectivity index (χ1n) is 5.78. The average molecular weight is 174 g/mol. The highest BCUT2D eigenvalue weighted by Gasteiger charge is 2.44. The summed E-state index contributed by atoms with van der Waals surface area (Å²) >= 11 is 0. The summed E-state index contributed by atoms with van der Waals surface area (Å²) in [5.41, 5.74) is 0.513. The maximum absolute atomic E-state index is 2.48. The third-order valence-electron chi connectivity index (χ3n) is 4.46. The lowest BCUT2D eigenvalue weighted by Crippen LogP contribution is -2.32. The molecule has 2 atom stereocenters. The van der Waals surface area contributed by atoms with E-state index in [2.05, 4.69) is 24.3 Å². The Bertz CT molecular complexity index is 247. The van der Waals surface area contributed by atoms with Crippen LogP contribution in [0, 0.1) is 17.3 Å². The topological polar surface area (TPSA) is 0 Å². The summed E-state index contributed by atoms with van der Waals surface area (Å²) in [4.78, 5) is 0. The largest absolute Gasteiger partial charge is 0.0743 e. The minimum absolute atomic E-state index is 0.513. The SMILES string of the molecule is C1=CC2(C=C1)CCCC1CCCC12. The van der Waals surface area contributed by atoms with Gasteiger partial charge in [-0.05, 0) is 24.7 Å². The van der Waals surface area contributed by atoms with Gasteiger partial charge < -0.3 is 0 Å². The Hall–Kier alpha value is -0.520. The number of hydrogen-bond donors (Lipinski definition) is 0. The Morgan fingerprint density at radius 3 is 2.54 bits per heavy atom. The van der Waals surface area contributed by atoms with Crippen LogP contribution in [0.15, 0.2) is 24.3 Å². The Morgan fingerprint density at radius 2 is 1.69 bits per heavy atom. The third-order valence-corrected chi connectivity index (χ3v) is 4.46. The van der Waals surface area contributed by atoms with Crippen molar-refractivity contribution in [3.63, 3.8) is 0 Å². The van der Waals surface area contributed by atoms with Crippen LogP contribution >= 0.6 is 0 Å². The van der Waals surface area contributed by atoms with Crippen molar-refractivity contribution in [2.75, 3.05) is 0 Å². The van der Waals surface area contributed by atoms with Crippen LogP contribution in [0.3, 0.4) is 0 Å². The van der Waals surface area contributed by atoms with E-state index >= 15 is 0 Å². The van der Waals surface area contributed by atoms with Crippen molar-refractivity contribution in [2.45, 2.75) is 38.5 Å². The highest BCUT2D eigenvalue weighted by Crippen LogP contribution is 2.54. The van der Waals surface area contributed by atoms with E-state index in [0.717, 1.165) is 11.8 Å². The van der Waals surface area contributed by atoms with Gasteiger partial charge in [0, 0.05) is 5.41 Å². The molecule has 0 bridgehead atoms. The predicted molar refractivity (Wildman–Crippen MR) is 55.4 cm³/mol. The van der Waals surface area contributed by atoms with Crippen molar-refractivity contribution >= 4 is 0 Å². The molecule has 0 N–H and O–H groups in total. The molecule has 0 aromatic heterocycles. The van der Waals surface area contributed by atoms with Gasteiger partial charge in [-0.2, -0.15) is 0 Å². The van der Waals surface area contributed by atoms with Crippen molar-refractivity contribution in [3.8, 4) is 0 Å². The fourth-order valence-electron chi connectivity index (χ4n) is 3.88. The van der Waals surface area contributed by atoms with Gasteiger partial charge in [0.2, 0.25) is 0 Å². The lowest BCUT2D eigenvalue weighted by molar-refractivity contribution is 0.156. The highest BCUT2D eigenvalue weighted by molar-refractivity contribution is 5.28. The summed E-state index contributed by atoms with van der Waals surface area (Å²) in [6.07, 6.45) is 18.4. The fourth-order valence-corrected chi connectivity index (χ4v) is 3.88. The molecule has 0 amide bonds. The lowest BCUT2D eigenvalue weighted by Gasteiger charge is -2.41. The molecule has 0 radical (unpaired) electrons. The van der Waals surface area contributed by atoms with E-state index in [1.54, 1.807) is 0 Å². The molecule has 3 aliphatic carbocycles. The van der Waals surface area contributed by atoms with Crippen molar-refractivity contribution in [1.29, 1.82) is 0 Å². The second-order valence-corrected chi connectivity index (χ2v) is 5.02. The van der Waals surface area contributed by atoms with Crippen molar-refractivity contribution in [2.24, 2.45) is 17.3 Å². The van der Waals surface area contributed by atoms with Crippen LogP contribution in [0.2, 0.25) is 0 Å². The van der Waals surface area contributed by atoms with Crippen LogP contribution in [-0.2, 0) is 0 Å². The monoisotopic (exact) mass is 174 g/mol. The molecule has 2 unspecified atom stereocenters. The number of allylic oxidation sites excluding steroid dienone is 4. The Balaban J connectivity index is 1.94. The molecule has 0 nitrogen and oxygen atoms in total. The van der Waals surface area contributed by atoms with Crippen molar-refractivity contribution in [1.82, 2.24) is 0 Å². The van der Waals surface area contributed by atoms with Crippen LogP contribution in [0.5, 0.6) is 0 Å². The molecule has 2 saturated carbocycles. The normalized spacial score (nSPS) is 40.0. The Labute approximate surface area is 80.7 Å². The van der Waals surface area contributed by atoms with Crippen LogP contribution in [0.1, 0.15) is 38.5 Å². The van der Waals surface area contributed by atoms with Crippen LogP contribution < -0.4 is 0 Å². The fraction of sp³-hybridized carbons (Fsp3) is 0.692. The van der Waals surface area contributed by atoms with Gasteiger partial charge in [-0.25, -0.2) is 0 Å². The van der Waals surface area contributed by atoms with E-state index in [4.69, 9.17) is 0 Å². The smallest absolute Gasteiger partial charge is 0.00979 e. The molecule has 3 rings (SSSR count). The minimum atomic E-state index is 0.513. The molecule has 2 fully saturated rings. The Kier molecular flexibility index (Phi) is 1.65. The summed E-state index contributed by atoms with van der Waals surface area (Å²) in [6, 6.07) is 0. The lowest BCUT2D eigenvalue weighted by atomic mass is 9.63. The van der Waals surface area contributed by atoms with E-state index in [1.165, 1.54) is 38.5 Å². The van der Waals surface area contributed by atoms with E-state index in [-0.39, 0.29) is 0 Å². The maximum atomic E-state index is 2.48. The first kappa shape index (κ1) is 7.84. The minimum Gasteiger partial charge on any atom is -0.0743 e. The van der Waals surface area contributed by atoms with Crippen LogP contribution in [0.4, 0.5) is 0 Å². The summed E-state index contributed by atoms with van der Waals surface area (Å²) in [6.45, 7) is 0. The molecule has 70 valence electrons. The first-order valence-corrected chi connectivity index (χ1v) is 5.78. The molecular formula is C13H18. The predicted octanol–water partition coefficient (Wildman–Crippen LogP) is 3.70. The van der Waals surface area contributed by atoms with Crippen molar-refractivity contribution < 1.29 is 0 Å². The zero-order valence-corrected chi connectivity index (χ0v) is 8.21. The first-order chi connectivity index (χ1) is 6.41. The molecule has 1 spiro atoms. The van der Waals surface area contributed by atoms with Gasteiger partial charge in [-0.3, -0.25) is 0 Å². The van der Waals surface area contributed by atoms with E-state index < -0.39 is 0 Å². The van der Waals surface area contributed by atoms with E-state index in [1.807, 2.05) is 0 Å². The molecular weight excluding hydrogens is 156 g/mol. The summed E-state index contributed by atoms with van der Waals surface area (Å²) in [5.74, 6) is 2.05. The maximum Gasteiger partial charge on any atom is 0.00979 e. The van der Waals surface area contributed by atoms with Gasteiger partial charge in [0.25, 0.3) is 0 Å². The zero-order valence-electron chi connectivity index (χ0n) is 8.21. The summed E-state index contributed by atoms with van der Waals surface area (Å²) in [5, 5.41) is 0. The number of hydrogen-bond acceptors (Lipinski definition) is 0. The molecule has 0 aromatic carbocycles. The van der Waals surface area contributed by atoms with Gasteiger partial charge in [-0.1, -0.05) is 50.0 Å². The van der Waals surface area contributed by atoms with Gasteiger partial charge >= 0.3 is 0 Å². The molecule has 0 aromatic rings. The quantitative estimate of drug-likeness (QED) is 0.525. The Morgan fingerprint density at radius 1 is 0.923 bits per heavy atom. The van der Waals surface area contributed by atoms with Gasteiger partial charge in [0.05, 0.1) is 0 Å². The summed E-state index contributed by atoms with van der Waals surface area (Å²) in [7, 11) is 0. The highest BCUT2D eigenvalue weighted by atomic mass is 14.5. The van der Waals surface area contributed by atoms with E-state index in [0.29, 0.717) is 5.41 Å². The molecule has 0 heteroatoms. The third kappa shape index (κ3) is 1.04. The van der Waals surface area contributed by atoms with Gasteiger partial charge in [0.1, 0.15) is 0 Å². The molecule has 0 saturated heterocycles. The zero-order chi connectivity index (χ0) is 8.73. The molecule has 0 aliphatic heterocycles. The second-order valence-electron chi connectivity index (χ2n) is 5.02. The number of rotatable bonds is 0. The van der Waals surface area contributed by atoms with Gasteiger partial charge in [0.15, 0.2) is 0 Å². The van der Waals surface area contributed by atoms with Crippen LogP contribution in [-0.4, -0.2) is 0 Å². The van der Waals surface area contributed by atoms with E-state index in [9.17, 15) is 0 Å². The average Bonchev–Trinajstić information content (AvgIpc) is 2.74. The molecule has 13 heavy (non-hydrogen) atoms. The summed E-state index contributed by atoms with van der Waals surface area (Å²) < 4.78 is 0. The van der Waals surface area contributed by atoms with Gasteiger partial charge in [-0.15, -0.1) is 0 Å². The molecule has 3 aliphatic rings. The van der Waals surface area contributed by atoms with Crippen molar-refractivity contribution in [3.05, 3.63) is 24.3 Å².